The molecule has 6 nitrogen and oxygen atoms in total. The number of nitrogens with zero attached hydrogens (tertiary/aromatic N) is 1. The van der Waals surface area contributed by atoms with E-state index in [1.54, 1.807) is 36.2 Å². The van der Waals surface area contributed by atoms with Crippen LogP contribution in [-0.2, 0) is 13.6 Å². The molecule has 134 valence electrons. The Kier molecular flexibility index (Phi) is 4.97. The predicted octanol–water partition coefficient (Wildman–Crippen LogP) is 3.23. The van der Waals surface area contributed by atoms with Gasteiger partial charge in [0.1, 0.15) is 0 Å². The summed E-state index contributed by atoms with van der Waals surface area (Å²) < 4.78 is 1.63. The van der Waals surface area contributed by atoms with E-state index in [2.05, 4.69) is 5.32 Å². The Hall–Kier alpha value is -2.83. The highest BCUT2D eigenvalue weighted by Gasteiger charge is 2.09. The van der Waals surface area contributed by atoms with Crippen LogP contribution >= 0.6 is 11.6 Å². The van der Waals surface area contributed by atoms with E-state index in [1.165, 1.54) is 6.07 Å². The Bertz CT molecular complexity index is 1060. The monoisotopic (exact) mass is 371 g/mol. The summed E-state index contributed by atoms with van der Waals surface area (Å²) >= 11 is 6.19. The third kappa shape index (κ3) is 3.42. The fourth-order valence-electron chi connectivity index (χ4n) is 2.87. The van der Waals surface area contributed by atoms with Crippen molar-refractivity contribution in [2.24, 2.45) is 7.05 Å². The number of anilines is 1. The van der Waals surface area contributed by atoms with Crippen molar-refractivity contribution in [3.63, 3.8) is 0 Å². The molecule has 0 saturated carbocycles. The molecule has 1 aromatic heterocycles. The lowest BCUT2D eigenvalue weighted by atomic mass is 10.1. The molecule has 0 atom stereocenters. The molecule has 3 rings (SSSR count). The number of rotatable bonds is 4. The van der Waals surface area contributed by atoms with Crippen LogP contribution in [0.15, 0.2) is 47.3 Å². The van der Waals surface area contributed by atoms with Crippen molar-refractivity contribution in [2.45, 2.75) is 13.5 Å². The highest BCUT2D eigenvalue weighted by molar-refractivity contribution is 6.31. The first-order chi connectivity index (χ1) is 12.4. The normalized spacial score (nSPS) is 10.8. The molecule has 0 saturated heterocycles. The van der Waals surface area contributed by atoms with E-state index >= 15 is 0 Å². The van der Waals surface area contributed by atoms with Crippen LogP contribution in [-0.4, -0.2) is 15.7 Å². The van der Waals surface area contributed by atoms with Gasteiger partial charge in [-0.1, -0.05) is 11.6 Å². The minimum atomic E-state index is -0.593. The molecule has 1 heterocycles. The van der Waals surface area contributed by atoms with Gasteiger partial charge >= 0.3 is 0 Å². The van der Waals surface area contributed by atoms with Gasteiger partial charge < -0.3 is 9.88 Å². The van der Waals surface area contributed by atoms with E-state index in [-0.39, 0.29) is 5.56 Å². The van der Waals surface area contributed by atoms with Crippen LogP contribution in [0.5, 0.6) is 0 Å². The van der Waals surface area contributed by atoms with Gasteiger partial charge in [-0.3, -0.25) is 14.8 Å². The van der Waals surface area contributed by atoms with Crippen LogP contribution in [0, 0.1) is 6.92 Å². The molecule has 0 spiro atoms. The SMILES string of the molecule is Cc1cc2cc(NCc3cc(C(=O)NO)ccc3Cl)ccc2n(C)c1=O. The lowest BCUT2D eigenvalue weighted by molar-refractivity contribution is 0.0706. The molecule has 3 N–H and O–H groups in total. The largest absolute Gasteiger partial charge is 0.381 e. The van der Waals surface area contributed by atoms with E-state index in [9.17, 15) is 9.59 Å². The zero-order chi connectivity index (χ0) is 18.8. The third-order valence-corrected chi connectivity index (χ3v) is 4.66. The number of carbonyl (C=O) groups excluding carboxylic acids is 1. The number of benzene rings is 2. The Balaban J connectivity index is 1.87. The molecular formula is C19H18ClN3O3. The van der Waals surface area contributed by atoms with E-state index in [0.717, 1.165) is 22.2 Å². The highest BCUT2D eigenvalue weighted by Crippen LogP contribution is 2.22. The Labute approximate surface area is 155 Å². The summed E-state index contributed by atoms with van der Waals surface area (Å²) in [6.45, 7) is 2.20. The Morgan fingerprint density at radius 2 is 1.96 bits per heavy atom. The maximum absolute atomic E-state index is 12.0. The number of fused-ring (bicyclic) bond motifs is 1. The maximum atomic E-state index is 12.0. The molecule has 26 heavy (non-hydrogen) atoms. The topological polar surface area (TPSA) is 83.4 Å². The van der Waals surface area contributed by atoms with Gasteiger partial charge in [0, 0.05) is 40.8 Å². The number of carbonyl (C=O) groups is 1. The number of hydroxylamine groups is 1. The van der Waals surface area contributed by atoms with Gasteiger partial charge in [-0.15, -0.1) is 0 Å². The van der Waals surface area contributed by atoms with Crippen LogP contribution < -0.4 is 16.4 Å². The second kappa shape index (κ2) is 7.19. The number of amides is 1. The molecule has 3 aromatic rings. The molecule has 0 fully saturated rings. The van der Waals surface area contributed by atoms with E-state index in [4.69, 9.17) is 16.8 Å². The first-order valence-corrected chi connectivity index (χ1v) is 8.35. The first kappa shape index (κ1) is 18.0. The van der Waals surface area contributed by atoms with Crippen LogP contribution in [0.25, 0.3) is 10.9 Å². The Morgan fingerprint density at radius 1 is 1.19 bits per heavy atom. The lowest BCUT2D eigenvalue weighted by Crippen LogP contribution is -2.19. The van der Waals surface area contributed by atoms with E-state index < -0.39 is 5.91 Å². The van der Waals surface area contributed by atoms with Crippen molar-refractivity contribution in [3.8, 4) is 0 Å². The molecule has 7 heteroatoms. The van der Waals surface area contributed by atoms with Gasteiger partial charge in [0.25, 0.3) is 11.5 Å². The van der Waals surface area contributed by atoms with E-state index in [1.807, 2.05) is 24.3 Å². The molecule has 2 aromatic carbocycles. The summed E-state index contributed by atoms with van der Waals surface area (Å²) in [6, 6.07) is 12.4. The molecule has 0 bridgehead atoms. The van der Waals surface area contributed by atoms with Crippen molar-refractivity contribution < 1.29 is 10.0 Å². The van der Waals surface area contributed by atoms with Gasteiger partial charge in [-0.2, -0.15) is 0 Å². The third-order valence-electron chi connectivity index (χ3n) is 4.30. The molecule has 1 amide bonds. The fourth-order valence-corrected chi connectivity index (χ4v) is 3.05. The van der Waals surface area contributed by atoms with Crippen LogP contribution in [0.1, 0.15) is 21.5 Å². The minimum absolute atomic E-state index is 0.0102. The smallest absolute Gasteiger partial charge is 0.274 e. The lowest BCUT2D eigenvalue weighted by Gasteiger charge is -2.12. The number of halogens is 1. The number of hydrogen-bond acceptors (Lipinski definition) is 4. The highest BCUT2D eigenvalue weighted by atomic mass is 35.5. The standard InChI is InChI=1S/C19H18ClN3O3/c1-11-7-13-9-15(4-6-17(13)23(2)19(11)25)21-10-14-8-12(18(24)22-26)3-5-16(14)20/h3-9,21,26H,10H2,1-2H3,(H,22,24). The number of pyridine rings is 1. The minimum Gasteiger partial charge on any atom is -0.381 e. The van der Waals surface area contributed by atoms with Gasteiger partial charge in [0.15, 0.2) is 0 Å². The van der Waals surface area contributed by atoms with Crippen molar-refractivity contribution >= 4 is 34.1 Å². The van der Waals surface area contributed by atoms with Gasteiger partial charge in [-0.05, 0) is 55.0 Å². The summed E-state index contributed by atoms with van der Waals surface area (Å²) in [7, 11) is 1.75. The predicted molar refractivity (Wildman–Crippen MR) is 102 cm³/mol. The summed E-state index contributed by atoms with van der Waals surface area (Å²) in [4.78, 5) is 23.5. The second-order valence-electron chi connectivity index (χ2n) is 6.07. The summed E-state index contributed by atoms with van der Waals surface area (Å²) in [5.41, 5.74) is 5.04. The molecule has 0 aliphatic heterocycles. The maximum Gasteiger partial charge on any atom is 0.274 e. The zero-order valence-corrected chi connectivity index (χ0v) is 15.1. The first-order valence-electron chi connectivity index (χ1n) is 7.98. The van der Waals surface area contributed by atoms with Crippen molar-refractivity contribution in [3.05, 3.63) is 74.5 Å². The van der Waals surface area contributed by atoms with Crippen molar-refractivity contribution in [1.82, 2.24) is 10.0 Å². The molecule has 0 aliphatic rings. The summed E-state index contributed by atoms with van der Waals surface area (Å²) in [5, 5.41) is 13.5. The van der Waals surface area contributed by atoms with Crippen LogP contribution in [0.4, 0.5) is 5.69 Å². The average molecular weight is 372 g/mol. The molecule has 0 aliphatic carbocycles. The van der Waals surface area contributed by atoms with Crippen LogP contribution in [0.2, 0.25) is 5.02 Å². The van der Waals surface area contributed by atoms with Crippen molar-refractivity contribution in [1.29, 1.82) is 0 Å². The van der Waals surface area contributed by atoms with Gasteiger partial charge in [0.2, 0.25) is 0 Å². The van der Waals surface area contributed by atoms with Gasteiger partial charge in [-0.25, -0.2) is 5.48 Å². The number of aromatic nitrogens is 1. The zero-order valence-electron chi connectivity index (χ0n) is 14.3. The Morgan fingerprint density at radius 3 is 2.69 bits per heavy atom. The molecule has 0 unspecified atom stereocenters. The molecular weight excluding hydrogens is 354 g/mol. The van der Waals surface area contributed by atoms with Crippen molar-refractivity contribution in [2.75, 3.05) is 5.32 Å². The van der Waals surface area contributed by atoms with Gasteiger partial charge in [0.05, 0.1) is 5.52 Å². The van der Waals surface area contributed by atoms with E-state index in [0.29, 0.717) is 22.7 Å². The average Bonchev–Trinajstić information content (AvgIpc) is 2.64. The number of nitrogens with one attached hydrogen (secondary N) is 2. The second-order valence-corrected chi connectivity index (χ2v) is 6.47. The summed E-state index contributed by atoms with van der Waals surface area (Å²) in [6.07, 6.45) is 0. The summed E-state index contributed by atoms with van der Waals surface area (Å²) in [5.74, 6) is -0.593. The molecule has 0 radical (unpaired) electrons. The number of aryl methyl sites for hydroxylation is 2. The fraction of sp³-hybridized carbons (Fsp3) is 0.158. The number of hydrogen-bond donors (Lipinski definition) is 3. The van der Waals surface area contributed by atoms with Crippen LogP contribution in [0.3, 0.4) is 0 Å². The quantitative estimate of drug-likeness (QED) is 0.485.